The minimum atomic E-state index is -0.116. The molecule has 0 bridgehead atoms. The number of halogens is 1. The summed E-state index contributed by atoms with van der Waals surface area (Å²) in [6.07, 6.45) is 2.67. The van der Waals surface area contributed by atoms with Gasteiger partial charge in [-0.1, -0.05) is 6.92 Å². The third-order valence-electron chi connectivity index (χ3n) is 3.07. The van der Waals surface area contributed by atoms with Crippen LogP contribution in [0.5, 0.6) is 0 Å². The van der Waals surface area contributed by atoms with E-state index < -0.39 is 0 Å². The molecule has 6 heteroatoms. The Labute approximate surface area is 137 Å². The number of nitrogens with one attached hydrogen (secondary N) is 2. The molecule has 0 spiro atoms. The van der Waals surface area contributed by atoms with Crippen LogP contribution in [0.2, 0.25) is 0 Å². The van der Waals surface area contributed by atoms with E-state index in [4.69, 9.17) is 0 Å². The standard InChI is InChI=1S/C15H18BrN3OS/c1-3-10-5-6-21-13(10)9-19-15(20)12-7-11(16)8-18-14(12)17-4-2/h5-8H,3-4,9H2,1-2H3,(H,17,18)(H,19,20). The Hall–Kier alpha value is -1.40. The van der Waals surface area contributed by atoms with Crippen molar-refractivity contribution < 1.29 is 4.79 Å². The Morgan fingerprint density at radius 2 is 2.24 bits per heavy atom. The molecule has 112 valence electrons. The molecule has 2 N–H and O–H groups in total. The molecule has 0 unspecified atom stereocenters. The van der Waals surface area contributed by atoms with E-state index in [1.165, 1.54) is 10.4 Å². The van der Waals surface area contributed by atoms with Gasteiger partial charge in [0.15, 0.2) is 0 Å². The zero-order valence-electron chi connectivity index (χ0n) is 12.1. The molecular formula is C15H18BrN3OS. The third kappa shape index (κ3) is 4.04. The number of hydrogen-bond donors (Lipinski definition) is 2. The minimum absolute atomic E-state index is 0.116. The van der Waals surface area contributed by atoms with Crippen LogP contribution in [0.1, 0.15) is 34.6 Å². The van der Waals surface area contributed by atoms with Gasteiger partial charge in [-0.15, -0.1) is 11.3 Å². The number of hydrogen-bond acceptors (Lipinski definition) is 4. The van der Waals surface area contributed by atoms with Gasteiger partial charge in [0.2, 0.25) is 0 Å². The lowest BCUT2D eigenvalue weighted by Gasteiger charge is -2.10. The predicted molar refractivity (Wildman–Crippen MR) is 91.0 cm³/mol. The number of aryl methyl sites for hydroxylation is 1. The van der Waals surface area contributed by atoms with E-state index in [0.717, 1.165) is 17.4 Å². The Morgan fingerprint density at radius 3 is 2.95 bits per heavy atom. The molecule has 0 aliphatic carbocycles. The first-order chi connectivity index (χ1) is 10.2. The lowest BCUT2D eigenvalue weighted by atomic mass is 10.2. The number of aromatic nitrogens is 1. The summed E-state index contributed by atoms with van der Waals surface area (Å²) in [6.45, 7) is 5.37. The molecule has 0 aliphatic rings. The number of rotatable bonds is 6. The van der Waals surface area contributed by atoms with Crippen LogP contribution in [0, 0.1) is 0 Å². The van der Waals surface area contributed by atoms with Gasteiger partial charge < -0.3 is 10.6 Å². The van der Waals surface area contributed by atoms with E-state index in [0.29, 0.717) is 17.9 Å². The molecule has 2 aromatic rings. The summed E-state index contributed by atoms with van der Waals surface area (Å²) in [6, 6.07) is 3.90. The highest BCUT2D eigenvalue weighted by molar-refractivity contribution is 9.10. The van der Waals surface area contributed by atoms with Gasteiger partial charge in [0, 0.05) is 22.1 Å². The van der Waals surface area contributed by atoms with E-state index in [2.05, 4.69) is 49.9 Å². The minimum Gasteiger partial charge on any atom is -0.370 e. The number of amides is 1. The zero-order chi connectivity index (χ0) is 15.2. The van der Waals surface area contributed by atoms with Crippen molar-refractivity contribution in [2.24, 2.45) is 0 Å². The highest BCUT2D eigenvalue weighted by atomic mass is 79.9. The Bertz CT molecular complexity index is 627. The zero-order valence-corrected chi connectivity index (χ0v) is 14.5. The summed E-state index contributed by atoms with van der Waals surface area (Å²) in [5.74, 6) is 0.496. The van der Waals surface area contributed by atoms with Gasteiger partial charge in [-0.05, 0) is 52.4 Å². The highest BCUT2D eigenvalue weighted by Gasteiger charge is 2.13. The lowest BCUT2D eigenvalue weighted by molar-refractivity contribution is 0.0951. The molecular weight excluding hydrogens is 350 g/mol. The van der Waals surface area contributed by atoms with Crippen LogP contribution in [0.4, 0.5) is 5.82 Å². The molecule has 0 fully saturated rings. The second-order valence-corrected chi connectivity index (χ2v) is 6.40. The average molecular weight is 368 g/mol. The summed E-state index contributed by atoms with van der Waals surface area (Å²) < 4.78 is 0.791. The fraction of sp³-hybridized carbons (Fsp3) is 0.333. The molecule has 1 amide bonds. The molecule has 0 aliphatic heterocycles. The second-order valence-electron chi connectivity index (χ2n) is 4.49. The van der Waals surface area contributed by atoms with Gasteiger partial charge in [0.05, 0.1) is 12.1 Å². The normalized spacial score (nSPS) is 10.4. The monoisotopic (exact) mass is 367 g/mol. The highest BCUT2D eigenvalue weighted by Crippen LogP contribution is 2.20. The average Bonchev–Trinajstić information content (AvgIpc) is 2.94. The summed E-state index contributed by atoms with van der Waals surface area (Å²) in [5, 5.41) is 8.14. The molecule has 4 nitrogen and oxygen atoms in total. The van der Waals surface area contributed by atoms with Crippen LogP contribution in [-0.2, 0) is 13.0 Å². The summed E-state index contributed by atoms with van der Waals surface area (Å²) >= 11 is 5.03. The molecule has 2 aromatic heterocycles. The molecule has 0 radical (unpaired) electrons. The maximum Gasteiger partial charge on any atom is 0.255 e. The molecule has 0 atom stereocenters. The predicted octanol–water partition coefficient (Wildman–Crippen LogP) is 3.83. The Kier molecular flexibility index (Phi) is 5.76. The van der Waals surface area contributed by atoms with E-state index in [1.807, 2.05) is 6.92 Å². The van der Waals surface area contributed by atoms with E-state index in [-0.39, 0.29) is 5.91 Å². The van der Waals surface area contributed by atoms with Gasteiger partial charge in [0.1, 0.15) is 5.82 Å². The molecule has 0 aromatic carbocycles. The van der Waals surface area contributed by atoms with Crippen molar-refractivity contribution in [3.05, 3.63) is 44.2 Å². The number of carbonyl (C=O) groups excluding carboxylic acids is 1. The van der Waals surface area contributed by atoms with Gasteiger partial charge >= 0.3 is 0 Å². The first-order valence-electron chi connectivity index (χ1n) is 6.88. The van der Waals surface area contributed by atoms with E-state index in [9.17, 15) is 4.79 Å². The van der Waals surface area contributed by atoms with Crippen LogP contribution >= 0.6 is 27.3 Å². The van der Waals surface area contributed by atoms with Crippen LogP contribution < -0.4 is 10.6 Å². The fourth-order valence-corrected chi connectivity index (χ4v) is 3.26. The van der Waals surface area contributed by atoms with Crippen molar-refractivity contribution in [2.75, 3.05) is 11.9 Å². The van der Waals surface area contributed by atoms with Crippen molar-refractivity contribution in [1.82, 2.24) is 10.3 Å². The van der Waals surface area contributed by atoms with E-state index >= 15 is 0 Å². The molecule has 0 saturated heterocycles. The smallest absolute Gasteiger partial charge is 0.255 e. The third-order valence-corrected chi connectivity index (χ3v) is 4.47. The van der Waals surface area contributed by atoms with Crippen LogP contribution in [0.15, 0.2) is 28.2 Å². The second kappa shape index (κ2) is 7.56. The summed E-state index contributed by atoms with van der Waals surface area (Å²) in [4.78, 5) is 17.8. The van der Waals surface area contributed by atoms with Crippen molar-refractivity contribution in [2.45, 2.75) is 26.8 Å². The Balaban J connectivity index is 2.11. The summed E-state index contributed by atoms with van der Waals surface area (Å²) in [7, 11) is 0. The molecule has 0 saturated carbocycles. The fourth-order valence-electron chi connectivity index (χ4n) is 2.01. The van der Waals surface area contributed by atoms with Crippen LogP contribution in [-0.4, -0.2) is 17.4 Å². The van der Waals surface area contributed by atoms with Crippen molar-refractivity contribution >= 4 is 39.0 Å². The van der Waals surface area contributed by atoms with E-state index in [1.54, 1.807) is 23.6 Å². The van der Waals surface area contributed by atoms with Gasteiger partial charge in [0.25, 0.3) is 5.91 Å². The molecule has 21 heavy (non-hydrogen) atoms. The molecule has 2 heterocycles. The van der Waals surface area contributed by atoms with Crippen LogP contribution in [0.3, 0.4) is 0 Å². The maximum absolute atomic E-state index is 12.4. The van der Waals surface area contributed by atoms with Crippen molar-refractivity contribution in [1.29, 1.82) is 0 Å². The van der Waals surface area contributed by atoms with Crippen molar-refractivity contribution in [3.63, 3.8) is 0 Å². The number of pyridine rings is 1. The summed E-state index contributed by atoms with van der Waals surface area (Å²) in [5.41, 5.74) is 1.85. The molecule has 2 rings (SSSR count). The number of anilines is 1. The largest absolute Gasteiger partial charge is 0.370 e. The first-order valence-corrected chi connectivity index (χ1v) is 8.55. The number of nitrogens with zero attached hydrogens (tertiary/aromatic N) is 1. The maximum atomic E-state index is 12.4. The van der Waals surface area contributed by atoms with Crippen LogP contribution in [0.25, 0.3) is 0 Å². The number of thiophene rings is 1. The van der Waals surface area contributed by atoms with Gasteiger partial charge in [-0.3, -0.25) is 4.79 Å². The Morgan fingerprint density at radius 1 is 1.43 bits per heavy atom. The first kappa shape index (κ1) is 16.0. The lowest BCUT2D eigenvalue weighted by Crippen LogP contribution is -2.24. The number of carbonyl (C=O) groups is 1. The quantitative estimate of drug-likeness (QED) is 0.815. The SMILES string of the molecule is CCNc1ncc(Br)cc1C(=O)NCc1sccc1CC. The van der Waals surface area contributed by atoms with Gasteiger partial charge in [-0.25, -0.2) is 4.98 Å². The topological polar surface area (TPSA) is 54.0 Å². The van der Waals surface area contributed by atoms with Crippen molar-refractivity contribution in [3.8, 4) is 0 Å². The van der Waals surface area contributed by atoms with Gasteiger partial charge in [-0.2, -0.15) is 0 Å².